The molecule has 2 rings (SSSR count). The van der Waals surface area contributed by atoms with Gasteiger partial charge < -0.3 is 9.15 Å². The molecule has 2 aromatic rings. The maximum Gasteiger partial charge on any atom is 0.290 e. The first-order valence-electron chi connectivity index (χ1n) is 4.77. The smallest absolute Gasteiger partial charge is 0.290 e. The highest BCUT2D eigenvalue weighted by Gasteiger charge is 2.17. The van der Waals surface area contributed by atoms with Crippen molar-refractivity contribution in [2.45, 2.75) is 0 Å². The van der Waals surface area contributed by atoms with Crippen LogP contribution in [0, 0.1) is 10.1 Å². The number of hydrogen-bond acceptors (Lipinski definition) is 5. The lowest BCUT2D eigenvalue weighted by molar-refractivity contribution is -0.385. The summed E-state index contributed by atoms with van der Waals surface area (Å²) in [7, 11) is 0. The normalized spacial score (nSPS) is 10.1. The lowest BCUT2D eigenvalue weighted by Crippen LogP contribution is -1.91. The van der Waals surface area contributed by atoms with Gasteiger partial charge in [-0.25, -0.2) is 0 Å². The zero-order valence-corrected chi connectivity index (χ0v) is 10.4. The zero-order chi connectivity index (χ0) is 13.1. The predicted molar refractivity (Wildman–Crippen MR) is 65.0 cm³/mol. The molecule has 0 saturated carbocycles. The van der Waals surface area contributed by atoms with Gasteiger partial charge in [0.2, 0.25) is 0 Å². The molecule has 92 valence electrons. The minimum atomic E-state index is -0.532. The van der Waals surface area contributed by atoms with Gasteiger partial charge >= 0.3 is 0 Å². The van der Waals surface area contributed by atoms with Crippen LogP contribution >= 0.6 is 15.9 Å². The summed E-state index contributed by atoms with van der Waals surface area (Å²) in [6.45, 7) is 0. The summed E-state index contributed by atoms with van der Waals surface area (Å²) in [5.41, 5.74) is -0.116. The molecule has 0 N–H and O–H groups in total. The van der Waals surface area contributed by atoms with Crippen LogP contribution in [0.25, 0.3) is 0 Å². The zero-order valence-electron chi connectivity index (χ0n) is 8.83. The van der Waals surface area contributed by atoms with Gasteiger partial charge in [0.25, 0.3) is 11.6 Å². The third kappa shape index (κ3) is 2.40. The molecule has 0 aliphatic rings. The topological polar surface area (TPSA) is 82.6 Å². The summed E-state index contributed by atoms with van der Waals surface area (Å²) in [4.78, 5) is 20.6. The molecule has 6 nitrogen and oxygen atoms in total. The van der Waals surface area contributed by atoms with Crippen LogP contribution in [0.4, 0.5) is 5.69 Å². The largest absolute Gasteiger partial charge is 0.425 e. The molecular weight excluding hydrogens is 306 g/mol. The highest BCUT2D eigenvalue weighted by Crippen LogP contribution is 2.36. The van der Waals surface area contributed by atoms with Crippen LogP contribution in [0.1, 0.15) is 10.6 Å². The van der Waals surface area contributed by atoms with Gasteiger partial charge in [0.1, 0.15) is 4.47 Å². The molecule has 0 radical (unpaired) electrons. The highest BCUT2D eigenvalue weighted by molar-refractivity contribution is 9.10. The lowest BCUT2D eigenvalue weighted by Gasteiger charge is -2.04. The molecule has 0 fully saturated rings. The summed E-state index contributed by atoms with van der Waals surface area (Å²) >= 11 is 3.09. The van der Waals surface area contributed by atoms with E-state index in [0.717, 1.165) is 0 Å². The molecule has 0 bridgehead atoms. The number of ether oxygens (including phenoxy) is 1. The second-order valence-electron chi connectivity index (χ2n) is 3.22. The van der Waals surface area contributed by atoms with E-state index in [1.165, 1.54) is 24.3 Å². The van der Waals surface area contributed by atoms with Gasteiger partial charge in [0.15, 0.2) is 17.8 Å². The molecule has 0 aliphatic carbocycles. The first kappa shape index (κ1) is 12.3. The van der Waals surface area contributed by atoms with Crippen LogP contribution in [0.5, 0.6) is 11.7 Å². The fourth-order valence-electron chi connectivity index (χ4n) is 1.28. The van der Waals surface area contributed by atoms with Crippen LogP contribution in [0.2, 0.25) is 0 Å². The molecule has 0 amide bonds. The van der Waals surface area contributed by atoms with Crippen LogP contribution < -0.4 is 4.74 Å². The average molecular weight is 312 g/mol. The van der Waals surface area contributed by atoms with Crippen molar-refractivity contribution < 1.29 is 18.9 Å². The van der Waals surface area contributed by atoms with E-state index in [2.05, 4.69) is 15.9 Å². The fourth-order valence-corrected chi connectivity index (χ4v) is 1.77. The molecule has 1 aromatic heterocycles. The number of carbonyl (C=O) groups excluding carboxylic acids is 1. The number of aldehydes is 1. The van der Waals surface area contributed by atoms with Crippen LogP contribution in [0.15, 0.2) is 39.2 Å². The number of nitro groups is 1. The second kappa shape index (κ2) is 5.01. The van der Waals surface area contributed by atoms with Crippen molar-refractivity contribution in [3.8, 4) is 11.7 Å². The number of nitrogens with zero attached hydrogens (tertiary/aromatic N) is 1. The minimum Gasteiger partial charge on any atom is -0.425 e. The van der Waals surface area contributed by atoms with Crippen molar-refractivity contribution in [3.63, 3.8) is 0 Å². The van der Waals surface area contributed by atoms with E-state index in [-0.39, 0.29) is 27.6 Å². The molecule has 0 saturated heterocycles. The Morgan fingerprint density at radius 3 is 2.72 bits per heavy atom. The first-order chi connectivity index (χ1) is 8.61. The number of halogens is 1. The second-order valence-corrected chi connectivity index (χ2v) is 4.02. The van der Waals surface area contributed by atoms with Crippen molar-refractivity contribution in [2.24, 2.45) is 0 Å². The van der Waals surface area contributed by atoms with Crippen molar-refractivity contribution >= 4 is 27.9 Å². The number of carbonyl (C=O) groups is 1. The minimum absolute atomic E-state index is 0.0818. The number of furan rings is 1. The summed E-state index contributed by atoms with van der Waals surface area (Å²) in [6.07, 6.45) is 0.537. The summed E-state index contributed by atoms with van der Waals surface area (Å²) < 4.78 is 10.5. The number of rotatable bonds is 4. The SMILES string of the molecule is O=Cc1ccc(Oc2cccc([N+](=O)[O-])c2Br)o1. The van der Waals surface area contributed by atoms with E-state index >= 15 is 0 Å². The highest BCUT2D eigenvalue weighted by atomic mass is 79.9. The molecule has 18 heavy (non-hydrogen) atoms. The lowest BCUT2D eigenvalue weighted by atomic mass is 10.3. The maximum absolute atomic E-state index is 10.7. The van der Waals surface area contributed by atoms with Crippen LogP contribution in [-0.2, 0) is 0 Å². The van der Waals surface area contributed by atoms with Gasteiger partial charge in [-0.1, -0.05) is 6.07 Å². The van der Waals surface area contributed by atoms with Gasteiger partial charge in [-0.15, -0.1) is 0 Å². The fraction of sp³-hybridized carbons (Fsp3) is 0. The van der Waals surface area contributed by atoms with E-state index in [1.54, 1.807) is 6.07 Å². The van der Waals surface area contributed by atoms with Gasteiger partial charge in [-0.3, -0.25) is 14.9 Å². The Hall–Kier alpha value is -2.15. The number of benzene rings is 1. The molecule has 1 heterocycles. The van der Waals surface area contributed by atoms with E-state index in [1.807, 2.05) is 0 Å². The molecule has 0 unspecified atom stereocenters. The van der Waals surface area contributed by atoms with Crippen LogP contribution in [0.3, 0.4) is 0 Å². The monoisotopic (exact) mass is 311 g/mol. The molecule has 0 aliphatic heterocycles. The maximum atomic E-state index is 10.7. The Labute approximate surface area is 109 Å². The van der Waals surface area contributed by atoms with E-state index in [4.69, 9.17) is 9.15 Å². The molecule has 0 spiro atoms. The Kier molecular flexibility index (Phi) is 3.42. The molecule has 0 atom stereocenters. The average Bonchev–Trinajstić information content (AvgIpc) is 2.79. The predicted octanol–water partition coefficient (Wildman–Crippen LogP) is 3.56. The van der Waals surface area contributed by atoms with Crippen molar-refractivity contribution in [1.29, 1.82) is 0 Å². The van der Waals surface area contributed by atoms with Crippen LogP contribution in [-0.4, -0.2) is 11.2 Å². The quantitative estimate of drug-likeness (QED) is 0.490. The summed E-state index contributed by atoms with van der Waals surface area (Å²) in [5, 5.41) is 10.7. The third-order valence-corrected chi connectivity index (χ3v) is 2.87. The van der Waals surface area contributed by atoms with Crippen molar-refractivity contribution in [1.82, 2.24) is 0 Å². The van der Waals surface area contributed by atoms with Crippen molar-refractivity contribution in [2.75, 3.05) is 0 Å². The van der Waals surface area contributed by atoms with Crippen molar-refractivity contribution in [3.05, 3.63) is 50.7 Å². The van der Waals surface area contributed by atoms with Gasteiger partial charge in [0.05, 0.1) is 4.92 Å². The first-order valence-corrected chi connectivity index (χ1v) is 5.57. The Balaban J connectivity index is 2.31. The van der Waals surface area contributed by atoms with E-state index < -0.39 is 4.92 Å². The van der Waals surface area contributed by atoms with Gasteiger partial charge in [-0.2, -0.15) is 0 Å². The van der Waals surface area contributed by atoms with E-state index in [9.17, 15) is 14.9 Å². The Morgan fingerprint density at radius 2 is 2.11 bits per heavy atom. The Morgan fingerprint density at radius 1 is 1.33 bits per heavy atom. The molecule has 7 heteroatoms. The Bertz CT molecular complexity index is 607. The van der Waals surface area contributed by atoms with E-state index in [0.29, 0.717) is 6.29 Å². The summed E-state index contributed by atoms with van der Waals surface area (Å²) in [6, 6.07) is 7.26. The van der Waals surface area contributed by atoms with Gasteiger partial charge in [-0.05, 0) is 28.1 Å². The number of nitro benzene ring substituents is 1. The standard InChI is InChI=1S/C11H6BrNO5/c12-11-8(13(15)16)2-1-3-9(11)18-10-5-4-7(6-14)17-10/h1-6H. The number of hydrogen-bond donors (Lipinski definition) is 0. The van der Waals surface area contributed by atoms with Gasteiger partial charge in [0, 0.05) is 12.1 Å². The molecule has 1 aromatic carbocycles. The third-order valence-electron chi connectivity index (χ3n) is 2.07. The molecular formula is C11H6BrNO5. The summed E-state index contributed by atoms with van der Waals surface area (Å²) in [5.74, 6) is 0.431.